The van der Waals surface area contributed by atoms with Gasteiger partial charge in [-0.1, -0.05) is 48.5 Å². The normalized spacial score (nSPS) is 11.3. The maximum absolute atomic E-state index is 14.4. The molecule has 30 heavy (non-hydrogen) atoms. The average Bonchev–Trinajstić information content (AvgIpc) is 2.72. The van der Waals surface area contributed by atoms with Gasteiger partial charge in [0.15, 0.2) is 0 Å². The van der Waals surface area contributed by atoms with Crippen molar-refractivity contribution in [1.82, 2.24) is 5.32 Å². The largest absolute Gasteiger partial charge is 0.350 e. The highest BCUT2D eigenvalue weighted by atomic mass is 32.2. The second kappa shape index (κ2) is 9.09. The highest BCUT2D eigenvalue weighted by molar-refractivity contribution is 7.92. The van der Waals surface area contributed by atoms with Crippen LogP contribution >= 0.6 is 0 Å². The van der Waals surface area contributed by atoms with Gasteiger partial charge < -0.3 is 5.32 Å². The van der Waals surface area contributed by atoms with E-state index in [1.54, 1.807) is 42.5 Å². The molecule has 0 aliphatic rings. The molecule has 1 amide bonds. The zero-order valence-corrected chi connectivity index (χ0v) is 17.6. The van der Waals surface area contributed by atoms with Crippen LogP contribution in [0.15, 0.2) is 83.8 Å². The lowest BCUT2D eigenvalue weighted by Gasteiger charge is -2.25. The first-order valence-corrected chi connectivity index (χ1v) is 10.9. The van der Waals surface area contributed by atoms with Gasteiger partial charge in [-0.05, 0) is 49.7 Å². The third kappa shape index (κ3) is 4.86. The number of carbonyl (C=O) groups excluding carboxylic acids is 1. The number of hydrogen-bond donors (Lipinski definition) is 1. The third-order valence-electron chi connectivity index (χ3n) is 4.39. The van der Waals surface area contributed by atoms with Crippen LogP contribution in [-0.4, -0.2) is 20.4 Å². The molecule has 7 heteroatoms. The Morgan fingerprint density at radius 2 is 1.63 bits per heavy atom. The van der Waals surface area contributed by atoms with Gasteiger partial charge in [0, 0.05) is 11.6 Å². The van der Waals surface area contributed by atoms with Gasteiger partial charge in [-0.2, -0.15) is 0 Å². The molecule has 0 spiro atoms. The number of carbonyl (C=O) groups is 1. The Labute approximate surface area is 176 Å². The van der Waals surface area contributed by atoms with Crippen molar-refractivity contribution in [1.29, 1.82) is 0 Å². The summed E-state index contributed by atoms with van der Waals surface area (Å²) in [7, 11) is -4.22. The zero-order chi connectivity index (χ0) is 21.7. The summed E-state index contributed by atoms with van der Waals surface area (Å²) in [5.74, 6) is -1.14. The minimum absolute atomic E-state index is 0.00718. The highest BCUT2D eigenvalue weighted by Crippen LogP contribution is 2.28. The lowest BCUT2D eigenvalue weighted by Crippen LogP contribution is -2.32. The van der Waals surface area contributed by atoms with E-state index in [4.69, 9.17) is 0 Å². The van der Waals surface area contributed by atoms with Crippen LogP contribution in [0.1, 0.15) is 29.8 Å². The number of nitrogens with one attached hydrogen (secondary N) is 1. The summed E-state index contributed by atoms with van der Waals surface area (Å²) in [6.45, 7) is 3.67. The molecule has 0 bridgehead atoms. The van der Waals surface area contributed by atoms with Crippen LogP contribution in [0.2, 0.25) is 0 Å². The van der Waals surface area contributed by atoms with E-state index in [1.165, 1.54) is 24.3 Å². The maximum atomic E-state index is 14.4. The van der Waals surface area contributed by atoms with Gasteiger partial charge in [-0.15, -0.1) is 0 Å². The van der Waals surface area contributed by atoms with E-state index >= 15 is 0 Å². The van der Waals surface area contributed by atoms with Crippen molar-refractivity contribution in [2.75, 3.05) is 4.31 Å². The predicted molar refractivity (Wildman–Crippen MR) is 115 cm³/mol. The molecule has 0 radical (unpaired) electrons. The molecule has 0 saturated heterocycles. The Kier molecular flexibility index (Phi) is 6.52. The molecule has 3 rings (SSSR count). The van der Waals surface area contributed by atoms with Crippen LogP contribution in [-0.2, 0) is 16.6 Å². The molecule has 5 nitrogen and oxygen atoms in total. The van der Waals surface area contributed by atoms with Gasteiger partial charge in [0.1, 0.15) is 10.7 Å². The third-order valence-corrected chi connectivity index (χ3v) is 6.20. The predicted octanol–water partition coefficient (Wildman–Crippen LogP) is 4.36. The smallest absolute Gasteiger partial charge is 0.267 e. The summed E-state index contributed by atoms with van der Waals surface area (Å²) in [6, 6.07) is 20.5. The number of amides is 1. The van der Waals surface area contributed by atoms with E-state index in [-0.39, 0.29) is 24.2 Å². The molecule has 0 atom stereocenters. The fourth-order valence-corrected chi connectivity index (χ4v) is 4.50. The first-order valence-electron chi connectivity index (χ1n) is 9.51. The maximum Gasteiger partial charge on any atom is 0.267 e. The number of benzene rings is 3. The van der Waals surface area contributed by atoms with Gasteiger partial charge in [-0.25, -0.2) is 12.8 Å². The molecule has 0 saturated carbocycles. The summed E-state index contributed by atoms with van der Waals surface area (Å²) < 4.78 is 42.3. The van der Waals surface area contributed by atoms with E-state index in [2.05, 4.69) is 5.32 Å². The molecule has 3 aromatic rings. The fourth-order valence-electron chi connectivity index (χ4n) is 2.98. The Bertz CT molecular complexity index is 1130. The Balaban J connectivity index is 2.09. The fraction of sp³-hybridized carbons (Fsp3) is 0.174. The Morgan fingerprint density at radius 3 is 2.30 bits per heavy atom. The van der Waals surface area contributed by atoms with E-state index < -0.39 is 20.7 Å². The molecule has 1 N–H and O–H groups in total. The van der Waals surface area contributed by atoms with Gasteiger partial charge in [0.05, 0.1) is 12.2 Å². The molecular formula is C23H23FN2O3S. The van der Waals surface area contributed by atoms with E-state index in [9.17, 15) is 17.6 Å². The van der Waals surface area contributed by atoms with Crippen molar-refractivity contribution in [2.45, 2.75) is 31.3 Å². The van der Waals surface area contributed by atoms with Crippen molar-refractivity contribution >= 4 is 21.6 Å². The number of hydrogen-bond acceptors (Lipinski definition) is 3. The van der Waals surface area contributed by atoms with Crippen molar-refractivity contribution in [3.05, 3.63) is 95.8 Å². The lowest BCUT2D eigenvalue weighted by molar-refractivity contribution is 0.0943. The lowest BCUT2D eigenvalue weighted by atomic mass is 10.1. The molecule has 0 unspecified atom stereocenters. The first-order chi connectivity index (χ1) is 14.3. The van der Waals surface area contributed by atoms with Gasteiger partial charge in [0.25, 0.3) is 15.9 Å². The molecule has 156 valence electrons. The number of sulfonamides is 1. The van der Waals surface area contributed by atoms with E-state index in [0.29, 0.717) is 5.56 Å². The molecule has 0 heterocycles. The number of anilines is 1. The van der Waals surface area contributed by atoms with E-state index in [1.807, 2.05) is 19.9 Å². The second-order valence-corrected chi connectivity index (χ2v) is 8.94. The number of halogens is 1. The molecule has 3 aromatic carbocycles. The molecule has 0 aliphatic carbocycles. The zero-order valence-electron chi connectivity index (χ0n) is 16.7. The summed E-state index contributed by atoms with van der Waals surface area (Å²) in [6.07, 6.45) is 0. The van der Waals surface area contributed by atoms with Crippen molar-refractivity contribution < 1.29 is 17.6 Å². The highest BCUT2D eigenvalue weighted by Gasteiger charge is 2.28. The Hall–Kier alpha value is -3.19. The van der Waals surface area contributed by atoms with Crippen molar-refractivity contribution in [2.24, 2.45) is 0 Å². The van der Waals surface area contributed by atoms with Crippen molar-refractivity contribution in [3.63, 3.8) is 0 Å². The van der Waals surface area contributed by atoms with Crippen molar-refractivity contribution in [3.8, 4) is 0 Å². The molecule has 0 aromatic heterocycles. The van der Waals surface area contributed by atoms with E-state index in [0.717, 1.165) is 15.9 Å². The van der Waals surface area contributed by atoms with Crippen LogP contribution < -0.4 is 9.62 Å². The number of nitrogens with zero attached hydrogens (tertiary/aromatic N) is 1. The minimum Gasteiger partial charge on any atom is -0.350 e. The van der Waals surface area contributed by atoms with Crippen LogP contribution in [0.5, 0.6) is 0 Å². The van der Waals surface area contributed by atoms with Gasteiger partial charge in [-0.3, -0.25) is 9.10 Å². The molecule has 0 fully saturated rings. The summed E-state index contributed by atoms with van der Waals surface area (Å²) in [5, 5.41) is 2.79. The van der Waals surface area contributed by atoms with Crippen LogP contribution in [0.25, 0.3) is 0 Å². The quantitative estimate of drug-likeness (QED) is 0.610. The average molecular weight is 427 g/mol. The minimum atomic E-state index is -4.22. The molecule has 0 aliphatic heterocycles. The standard InChI is InChI=1S/C23H23FN2O3S/c1-17(2)25-23(27)19-11-8-12-20(15-19)26(16-18-9-4-3-5-10-18)30(28,29)22-14-7-6-13-21(22)24/h3-15,17H,16H2,1-2H3,(H,25,27). The summed E-state index contributed by atoms with van der Waals surface area (Å²) in [5.41, 5.74) is 1.33. The number of rotatable bonds is 7. The van der Waals surface area contributed by atoms with Gasteiger partial charge >= 0.3 is 0 Å². The van der Waals surface area contributed by atoms with Crippen LogP contribution in [0.4, 0.5) is 10.1 Å². The summed E-state index contributed by atoms with van der Waals surface area (Å²) >= 11 is 0. The molecular weight excluding hydrogens is 403 g/mol. The topological polar surface area (TPSA) is 66.5 Å². The SMILES string of the molecule is CC(C)NC(=O)c1cccc(N(Cc2ccccc2)S(=O)(=O)c2ccccc2F)c1. The monoisotopic (exact) mass is 426 g/mol. The first kappa shape index (κ1) is 21.5. The van der Waals surface area contributed by atoms with Gasteiger partial charge in [0.2, 0.25) is 0 Å². The second-order valence-electron chi connectivity index (χ2n) is 7.11. The van der Waals surface area contributed by atoms with Crippen LogP contribution in [0.3, 0.4) is 0 Å². The summed E-state index contributed by atoms with van der Waals surface area (Å²) in [4.78, 5) is 12.0. The Morgan fingerprint density at radius 1 is 0.967 bits per heavy atom. The van der Waals surface area contributed by atoms with Crippen LogP contribution in [0, 0.1) is 5.82 Å².